The monoisotopic (exact) mass is 312 g/mol. The summed E-state index contributed by atoms with van der Waals surface area (Å²) in [7, 11) is -2.54. The number of hydrazine groups is 1. The van der Waals surface area contributed by atoms with Crippen LogP contribution in [0.1, 0.15) is 0 Å². The second-order valence-electron chi connectivity index (χ2n) is 4.09. The first-order valence-corrected chi connectivity index (χ1v) is 7.08. The molecule has 0 spiro atoms. The lowest BCUT2D eigenvalue weighted by atomic mass is 10.3. The molecule has 2 rings (SSSR count). The molecule has 0 amide bonds. The number of nitrogens with zero attached hydrogens (tertiary/aromatic N) is 3. The van der Waals surface area contributed by atoms with Gasteiger partial charge in [-0.15, -0.1) is 0 Å². The lowest BCUT2D eigenvalue weighted by molar-refractivity contribution is -0.387. The van der Waals surface area contributed by atoms with Crippen LogP contribution >= 0.6 is 0 Å². The number of rotatable bonds is 5. The number of benzene rings is 1. The molecule has 11 heteroatoms. The summed E-state index contributed by atoms with van der Waals surface area (Å²) in [4.78, 5) is 9.70. The number of nitrogen functional groups attached to an aromatic ring is 1. The summed E-state index contributed by atoms with van der Waals surface area (Å²) in [6.45, 7) is 0. The van der Waals surface area contributed by atoms with E-state index in [0.29, 0.717) is 0 Å². The fourth-order valence-electron chi connectivity index (χ4n) is 1.65. The van der Waals surface area contributed by atoms with Crippen molar-refractivity contribution in [1.82, 2.24) is 9.78 Å². The van der Waals surface area contributed by atoms with E-state index in [1.54, 1.807) is 7.05 Å². The highest BCUT2D eigenvalue weighted by molar-refractivity contribution is 7.92. The SMILES string of the molecule is Cn1cc(NS(=O)(=O)c2cc(NN)ccc2[N+](=O)[O-])cn1. The molecular formula is C10H12N6O4S. The maximum Gasteiger partial charge on any atom is 0.290 e. The Bertz CT molecular complexity index is 785. The summed E-state index contributed by atoms with van der Waals surface area (Å²) in [5.74, 6) is 5.20. The average Bonchev–Trinajstić information content (AvgIpc) is 2.82. The topological polar surface area (TPSA) is 145 Å². The molecular weight excluding hydrogens is 300 g/mol. The number of aromatic nitrogens is 2. The molecule has 0 radical (unpaired) electrons. The lowest BCUT2D eigenvalue weighted by Crippen LogP contribution is -2.15. The summed E-state index contributed by atoms with van der Waals surface area (Å²) < 4.78 is 28.2. The minimum Gasteiger partial charge on any atom is -0.324 e. The second kappa shape index (κ2) is 5.38. The number of nitro groups is 1. The quantitative estimate of drug-likeness (QED) is 0.412. The van der Waals surface area contributed by atoms with Crippen molar-refractivity contribution in [3.8, 4) is 0 Å². The summed E-state index contributed by atoms with van der Waals surface area (Å²) in [6.07, 6.45) is 2.71. The van der Waals surface area contributed by atoms with Gasteiger partial charge in [-0.05, 0) is 12.1 Å². The van der Waals surface area contributed by atoms with Crippen LogP contribution in [0.4, 0.5) is 17.1 Å². The van der Waals surface area contributed by atoms with Gasteiger partial charge in [-0.2, -0.15) is 5.10 Å². The minimum absolute atomic E-state index is 0.193. The van der Waals surface area contributed by atoms with Crippen LogP contribution in [0, 0.1) is 10.1 Å². The molecule has 21 heavy (non-hydrogen) atoms. The highest BCUT2D eigenvalue weighted by Gasteiger charge is 2.26. The number of aryl methyl sites for hydroxylation is 1. The van der Waals surface area contributed by atoms with Crippen molar-refractivity contribution < 1.29 is 13.3 Å². The van der Waals surface area contributed by atoms with E-state index in [9.17, 15) is 18.5 Å². The van der Waals surface area contributed by atoms with Crippen molar-refractivity contribution in [1.29, 1.82) is 0 Å². The smallest absolute Gasteiger partial charge is 0.290 e. The second-order valence-corrected chi connectivity index (χ2v) is 5.74. The van der Waals surface area contributed by atoms with Crippen molar-refractivity contribution in [2.45, 2.75) is 4.90 Å². The van der Waals surface area contributed by atoms with E-state index < -0.39 is 25.5 Å². The molecule has 0 aliphatic carbocycles. The number of sulfonamides is 1. The normalized spacial score (nSPS) is 11.1. The molecule has 0 saturated heterocycles. The molecule has 0 atom stereocenters. The highest BCUT2D eigenvalue weighted by Crippen LogP contribution is 2.28. The van der Waals surface area contributed by atoms with Crippen LogP contribution < -0.4 is 16.0 Å². The van der Waals surface area contributed by atoms with Crippen LogP contribution in [0.5, 0.6) is 0 Å². The minimum atomic E-state index is -4.15. The third-order valence-electron chi connectivity index (χ3n) is 2.57. The van der Waals surface area contributed by atoms with E-state index >= 15 is 0 Å². The predicted octanol–water partition coefficient (Wildman–Crippen LogP) is 0.415. The molecule has 0 unspecified atom stereocenters. The number of nitro benzene ring substituents is 1. The zero-order valence-electron chi connectivity index (χ0n) is 10.8. The van der Waals surface area contributed by atoms with Gasteiger partial charge in [0.25, 0.3) is 15.7 Å². The van der Waals surface area contributed by atoms with Crippen LogP contribution in [-0.2, 0) is 17.1 Å². The molecule has 112 valence electrons. The molecule has 0 aliphatic rings. The predicted molar refractivity (Wildman–Crippen MR) is 74.9 cm³/mol. The number of hydrogen-bond donors (Lipinski definition) is 3. The molecule has 0 aliphatic heterocycles. The van der Waals surface area contributed by atoms with Gasteiger partial charge in [0, 0.05) is 19.3 Å². The van der Waals surface area contributed by atoms with Crippen LogP contribution in [0.2, 0.25) is 0 Å². The Kier molecular flexibility index (Phi) is 3.78. The Labute approximate surface area is 119 Å². The Morgan fingerprint density at radius 2 is 2.10 bits per heavy atom. The third-order valence-corrected chi connectivity index (χ3v) is 3.98. The van der Waals surface area contributed by atoms with Crippen molar-refractivity contribution in [2.75, 3.05) is 10.1 Å². The maximum absolute atomic E-state index is 12.3. The van der Waals surface area contributed by atoms with Crippen molar-refractivity contribution in [2.24, 2.45) is 12.9 Å². The van der Waals surface area contributed by atoms with Gasteiger partial charge in [-0.1, -0.05) is 0 Å². The molecule has 1 heterocycles. The first-order valence-electron chi connectivity index (χ1n) is 5.60. The first kappa shape index (κ1) is 14.7. The molecule has 2 aromatic rings. The highest BCUT2D eigenvalue weighted by atomic mass is 32.2. The summed E-state index contributed by atoms with van der Waals surface area (Å²) in [6, 6.07) is 3.45. The van der Waals surface area contributed by atoms with E-state index in [1.807, 2.05) is 0 Å². The van der Waals surface area contributed by atoms with Crippen molar-refractivity contribution in [3.05, 3.63) is 40.7 Å². The van der Waals surface area contributed by atoms with Crippen LogP contribution in [-0.4, -0.2) is 23.1 Å². The van der Waals surface area contributed by atoms with E-state index in [0.717, 1.165) is 12.1 Å². The van der Waals surface area contributed by atoms with Crippen LogP contribution in [0.15, 0.2) is 35.5 Å². The van der Waals surface area contributed by atoms with Gasteiger partial charge >= 0.3 is 0 Å². The Balaban J connectivity index is 2.49. The van der Waals surface area contributed by atoms with Gasteiger partial charge < -0.3 is 5.43 Å². The van der Waals surface area contributed by atoms with E-state index in [-0.39, 0.29) is 11.4 Å². The lowest BCUT2D eigenvalue weighted by Gasteiger charge is -2.08. The van der Waals surface area contributed by atoms with Gasteiger partial charge in [0.1, 0.15) is 0 Å². The molecule has 1 aromatic carbocycles. The largest absolute Gasteiger partial charge is 0.324 e. The molecule has 0 fully saturated rings. The van der Waals surface area contributed by atoms with Gasteiger partial charge in [0.05, 0.1) is 22.5 Å². The Hall–Kier alpha value is -2.66. The maximum atomic E-state index is 12.3. The zero-order valence-corrected chi connectivity index (χ0v) is 11.7. The standard InChI is InChI=1S/C10H12N6O4S/c1-15-6-8(5-12-15)14-21(19,20)10-4-7(13-11)2-3-9(10)16(17)18/h2-6,13-14H,11H2,1H3. The van der Waals surface area contributed by atoms with Gasteiger partial charge in [-0.25, -0.2) is 8.42 Å². The Morgan fingerprint density at radius 1 is 1.38 bits per heavy atom. The van der Waals surface area contributed by atoms with Crippen molar-refractivity contribution >= 4 is 27.1 Å². The summed E-state index contributed by atoms with van der Waals surface area (Å²) >= 11 is 0. The molecule has 1 aromatic heterocycles. The van der Waals surface area contributed by atoms with Gasteiger partial charge in [0.2, 0.25) is 0 Å². The van der Waals surface area contributed by atoms with Crippen LogP contribution in [0.3, 0.4) is 0 Å². The zero-order chi connectivity index (χ0) is 15.6. The molecule has 0 saturated carbocycles. The summed E-state index contributed by atoms with van der Waals surface area (Å²) in [5, 5.41) is 14.8. The third kappa shape index (κ3) is 3.09. The number of anilines is 2. The average molecular weight is 312 g/mol. The number of nitrogens with two attached hydrogens (primary N) is 1. The fraction of sp³-hybridized carbons (Fsp3) is 0.100. The Morgan fingerprint density at radius 3 is 2.62 bits per heavy atom. The molecule has 10 nitrogen and oxygen atoms in total. The number of hydrogen-bond acceptors (Lipinski definition) is 7. The van der Waals surface area contributed by atoms with Gasteiger partial charge in [-0.3, -0.25) is 25.4 Å². The van der Waals surface area contributed by atoms with Gasteiger partial charge in [0.15, 0.2) is 4.90 Å². The van der Waals surface area contributed by atoms with E-state index in [1.165, 1.54) is 23.1 Å². The van der Waals surface area contributed by atoms with Crippen LogP contribution in [0.25, 0.3) is 0 Å². The molecule has 4 N–H and O–H groups in total. The first-order chi connectivity index (χ1) is 9.83. The van der Waals surface area contributed by atoms with E-state index in [4.69, 9.17) is 5.84 Å². The molecule has 0 bridgehead atoms. The number of nitrogens with one attached hydrogen (secondary N) is 2. The van der Waals surface area contributed by atoms with E-state index in [2.05, 4.69) is 15.2 Å². The van der Waals surface area contributed by atoms with Crippen molar-refractivity contribution in [3.63, 3.8) is 0 Å². The fourth-order valence-corrected chi connectivity index (χ4v) is 2.88. The summed E-state index contributed by atoms with van der Waals surface area (Å²) in [5.41, 5.74) is 2.11.